The number of methoxy groups -OCH3 is 1. The number of ether oxygens (including phenoxy) is 1. The molecule has 0 saturated carbocycles. The van der Waals surface area contributed by atoms with Gasteiger partial charge in [0, 0.05) is 11.6 Å². The van der Waals surface area contributed by atoms with Gasteiger partial charge in [0.1, 0.15) is 17.4 Å². The Hall–Kier alpha value is -2.10. The number of hydrogen-bond acceptors (Lipinski definition) is 3. The number of anilines is 1. The predicted octanol–water partition coefficient (Wildman–Crippen LogP) is 2.48. The van der Waals surface area contributed by atoms with Crippen LogP contribution in [0.15, 0.2) is 36.4 Å². The number of nitrogens with zero attached hydrogens (tertiary/aromatic N) is 1. The molecule has 3 nitrogen and oxygen atoms in total. The Kier molecular flexibility index (Phi) is 2.72. The van der Waals surface area contributed by atoms with Gasteiger partial charge in [0.25, 0.3) is 0 Å². The molecule has 0 aliphatic heterocycles. The van der Waals surface area contributed by atoms with Gasteiger partial charge < -0.3 is 10.5 Å². The summed E-state index contributed by atoms with van der Waals surface area (Å²) in [4.78, 5) is 4.06. The van der Waals surface area contributed by atoms with Gasteiger partial charge in [-0.15, -0.1) is 0 Å². The Bertz CT molecular complexity index is 514. The molecule has 0 bridgehead atoms. The Morgan fingerprint density at radius 2 is 2.06 bits per heavy atom. The van der Waals surface area contributed by atoms with E-state index in [-0.39, 0.29) is 5.82 Å². The second-order valence-corrected chi connectivity index (χ2v) is 3.29. The number of aromatic nitrogens is 1. The van der Waals surface area contributed by atoms with E-state index in [1.165, 1.54) is 13.2 Å². The molecular weight excluding hydrogens is 207 g/mol. The number of hydrogen-bond donors (Lipinski definition) is 1. The van der Waals surface area contributed by atoms with Crippen LogP contribution in [0.1, 0.15) is 0 Å². The first-order chi connectivity index (χ1) is 7.70. The summed E-state index contributed by atoms with van der Waals surface area (Å²) in [6.45, 7) is 0. The minimum Gasteiger partial charge on any atom is -0.497 e. The summed E-state index contributed by atoms with van der Waals surface area (Å²) in [5.74, 6) is 0.468. The highest BCUT2D eigenvalue weighted by Crippen LogP contribution is 2.25. The third-order valence-corrected chi connectivity index (χ3v) is 2.22. The minimum absolute atomic E-state index is 0.368. The summed E-state index contributed by atoms with van der Waals surface area (Å²) in [7, 11) is 1.49. The Balaban J connectivity index is 2.48. The lowest BCUT2D eigenvalue weighted by molar-refractivity contribution is 0.411. The van der Waals surface area contributed by atoms with Crippen LogP contribution in [-0.4, -0.2) is 12.1 Å². The molecule has 0 radical (unpaired) electrons. The topological polar surface area (TPSA) is 48.1 Å². The molecule has 4 heteroatoms. The molecule has 0 saturated heterocycles. The van der Waals surface area contributed by atoms with Crippen molar-refractivity contribution in [3.05, 3.63) is 42.2 Å². The standard InChI is InChI=1S/C12H11FN2O/c1-16-8-5-6-9(10(13)7-8)11-3-2-4-12(14)15-11/h2-7H,1H3,(H2,14,15). The molecule has 2 N–H and O–H groups in total. The van der Waals surface area contributed by atoms with Crippen LogP contribution >= 0.6 is 0 Å². The summed E-state index contributed by atoms with van der Waals surface area (Å²) < 4.78 is 18.6. The van der Waals surface area contributed by atoms with Crippen LogP contribution in [0.25, 0.3) is 11.3 Å². The fraction of sp³-hybridized carbons (Fsp3) is 0.0833. The number of halogens is 1. The van der Waals surface area contributed by atoms with E-state index in [1.54, 1.807) is 30.3 Å². The van der Waals surface area contributed by atoms with Crippen molar-refractivity contribution in [1.29, 1.82) is 0 Å². The summed E-state index contributed by atoms with van der Waals surface area (Å²) in [6, 6.07) is 9.73. The summed E-state index contributed by atoms with van der Waals surface area (Å²) in [6.07, 6.45) is 0. The molecule has 1 aromatic heterocycles. The lowest BCUT2D eigenvalue weighted by Crippen LogP contribution is -1.94. The van der Waals surface area contributed by atoms with Crippen LogP contribution in [0.5, 0.6) is 5.75 Å². The lowest BCUT2D eigenvalue weighted by Gasteiger charge is -2.05. The van der Waals surface area contributed by atoms with Crippen molar-refractivity contribution >= 4 is 5.82 Å². The van der Waals surface area contributed by atoms with Crippen LogP contribution in [0.3, 0.4) is 0 Å². The molecule has 0 spiro atoms. The number of pyridine rings is 1. The van der Waals surface area contributed by atoms with E-state index in [2.05, 4.69) is 4.98 Å². The quantitative estimate of drug-likeness (QED) is 0.842. The molecule has 0 amide bonds. The first-order valence-corrected chi connectivity index (χ1v) is 4.77. The first-order valence-electron chi connectivity index (χ1n) is 4.77. The lowest BCUT2D eigenvalue weighted by atomic mass is 10.1. The zero-order valence-corrected chi connectivity index (χ0v) is 8.77. The molecule has 0 aliphatic carbocycles. The van der Waals surface area contributed by atoms with E-state index in [0.717, 1.165) is 0 Å². The van der Waals surface area contributed by atoms with Gasteiger partial charge in [0.15, 0.2) is 0 Å². The maximum atomic E-state index is 13.7. The normalized spacial score (nSPS) is 10.1. The largest absolute Gasteiger partial charge is 0.497 e. The second kappa shape index (κ2) is 4.18. The average Bonchev–Trinajstić information content (AvgIpc) is 2.28. The minimum atomic E-state index is -0.377. The van der Waals surface area contributed by atoms with Gasteiger partial charge in [-0.1, -0.05) is 6.07 Å². The van der Waals surface area contributed by atoms with Crippen molar-refractivity contribution in [2.45, 2.75) is 0 Å². The molecule has 0 atom stereocenters. The van der Waals surface area contributed by atoms with Gasteiger partial charge >= 0.3 is 0 Å². The van der Waals surface area contributed by atoms with E-state index in [4.69, 9.17) is 10.5 Å². The monoisotopic (exact) mass is 218 g/mol. The van der Waals surface area contributed by atoms with Crippen LogP contribution in [-0.2, 0) is 0 Å². The van der Waals surface area contributed by atoms with Crippen molar-refractivity contribution in [3.8, 4) is 17.0 Å². The highest BCUT2D eigenvalue weighted by molar-refractivity contribution is 5.62. The van der Waals surface area contributed by atoms with Crippen LogP contribution in [0.4, 0.5) is 10.2 Å². The molecular formula is C12H11FN2O. The van der Waals surface area contributed by atoms with Gasteiger partial charge in [-0.3, -0.25) is 0 Å². The number of nitrogens with two attached hydrogens (primary N) is 1. The fourth-order valence-corrected chi connectivity index (χ4v) is 1.43. The Morgan fingerprint density at radius 3 is 2.69 bits per heavy atom. The van der Waals surface area contributed by atoms with Crippen molar-refractivity contribution < 1.29 is 9.13 Å². The molecule has 1 heterocycles. The van der Waals surface area contributed by atoms with Gasteiger partial charge in [-0.2, -0.15) is 0 Å². The SMILES string of the molecule is COc1ccc(-c2cccc(N)n2)c(F)c1. The van der Waals surface area contributed by atoms with E-state index >= 15 is 0 Å². The van der Waals surface area contributed by atoms with Gasteiger partial charge in [0.05, 0.1) is 12.8 Å². The molecule has 0 aliphatic rings. The molecule has 82 valence electrons. The van der Waals surface area contributed by atoms with E-state index < -0.39 is 0 Å². The zero-order chi connectivity index (χ0) is 11.5. The molecule has 1 aromatic carbocycles. The van der Waals surface area contributed by atoms with E-state index in [1.807, 2.05) is 0 Å². The Morgan fingerprint density at radius 1 is 1.25 bits per heavy atom. The van der Waals surface area contributed by atoms with Crippen molar-refractivity contribution in [1.82, 2.24) is 4.98 Å². The van der Waals surface area contributed by atoms with E-state index in [0.29, 0.717) is 22.8 Å². The zero-order valence-electron chi connectivity index (χ0n) is 8.77. The number of benzene rings is 1. The predicted molar refractivity (Wildman–Crippen MR) is 60.6 cm³/mol. The maximum absolute atomic E-state index is 13.7. The van der Waals surface area contributed by atoms with Crippen LogP contribution in [0.2, 0.25) is 0 Å². The van der Waals surface area contributed by atoms with Crippen molar-refractivity contribution in [2.24, 2.45) is 0 Å². The average molecular weight is 218 g/mol. The van der Waals surface area contributed by atoms with Gasteiger partial charge in [-0.25, -0.2) is 9.37 Å². The van der Waals surface area contributed by atoms with Crippen LogP contribution < -0.4 is 10.5 Å². The third-order valence-electron chi connectivity index (χ3n) is 2.22. The smallest absolute Gasteiger partial charge is 0.136 e. The summed E-state index contributed by atoms with van der Waals surface area (Å²) in [5.41, 5.74) is 6.47. The summed E-state index contributed by atoms with van der Waals surface area (Å²) in [5, 5.41) is 0. The highest BCUT2D eigenvalue weighted by atomic mass is 19.1. The highest BCUT2D eigenvalue weighted by Gasteiger charge is 2.07. The molecule has 2 rings (SSSR count). The van der Waals surface area contributed by atoms with Gasteiger partial charge in [0.2, 0.25) is 0 Å². The molecule has 0 unspecified atom stereocenters. The maximum Gasteiger partial charge on any atom is 0.136 e. The number of nitrogen functional groups attached to an aromatic ring is 1. The van der Waals surface area contributed by atoms with Crippen LogP contribution in [0, 0.1) is 5.82 Å². The second-order valence-electron chi connectivity index (χ2n) is 3.29. The Labute approximate surface area is 92.7 Å². The van der Waals surface area contributed by atoms with Crippen molar-refractivity contribution in [2.75, 3.05) is 12.8 Å². The van der Waals surface area contributed by atoms with Crippen molar-refractivity contribution in [3.63, 3.8) is 0 Å². The number of rotatable bonds is 2. The molecule has 2 aromatic rings. The van der Waals surface area contributed by atoms with E-state index in [9.17, 15) is 4.39 Å². The molecule has 0 fully saturated rings. The van der Waals surface area contributed by atoms with Gasteiger partial charge in [-0.05, 0) is 24.3 Å². The third kappa shape index (κ3) is 1.95. The summed E-state index contributed by atoms with van der Waals surface area (Å²) >= 11 is 0. The first kappa shape index (κ1) is 10.4. The molecule has 16 heavy (non-hydrogen) atoms. The fourth-order valence-electron chi connectivity index (χ4n) is 1.43.